The molecule has 0 radical (unpaired) electrons. The zero-order valence-corrected chi connectivity index (χ0v) is 12.0. The minimum atomic E-state index is 0.509. The van der Waals surface area contributed by atoms with Crippen LogP contribution in [-0.4, -0.2) is 17.1 Å². The molecule has 0 fully saturated rings. The summed E-state index contributed by atoms with van der Waals surface area (Å²) in [5, 5.41) is 1.28. The summed E-state index contributed by atoms with van der Waals surface area (Å²) in [4.78, 5) is 9.36. The largest absolute Gasteiger partial charge is 0.480 e. The van der Waals surface area contributed by atoms with Crippen LogP contribution in [0.25, 0.3) is 0 Å². The van der Waals surface area contributed by atoms with Crippen LogP contribution in [0.5, 0.6) is 5.88 Å². The Bertz CT molecular complexity index is 539. The molecular weight excluding hydrogens is 324 g/mol. The molecule has 0 bridgehead atoms. The predicted octanol–water partition coefficient (Wildman–Crippen LogP) is 4.05. The minimum absolute atomic E-state index is 0.509. The average Bonchev–Trinajstić information content (AvgIpc) is 2.34. The lowest BCUT2D eigenvalue weighted by Gasteiger charge is -2.05. The van der Waals surface area contributed by atoms with Gasteiger partial charge in [-0.1, -0.05) is 23.7 Å². The van der Waals surface area contributed by atoms with Gasteiger partial charge in [-0.15, -0.1) is 0 Å². The second kappa shape index (κ2) is 5.71. The average molecular weight is 332 g/mol. The lowest BCUT2D eigenvalue weighted by atomic mass is 10.4. The van der Waals surface area contributed by atoms with Crippen molar-refractivity contribution < 1.29 is 4.74 Å². The highest BCUT2D eigenvalue weighted by atomic mass is 79.9. The van der Waals surface area contributed by atoms with E-state index in [0.717, 1.165) is 9.37 Å². The van der Waals surface area contributed by atoms with E-state index >= 15 is 0 Å². The lowest BCUT2D eigenvalue weighted by molar-refractivity contribution is 0.389. The van der Waals surface area contributed by atoms with Gasteiger partial charge >= 0.3 is 0 Å². The molecule has 0 aliphatic rings. The van der Waals surface area contributed by atoms with Crippen molar-refractivity contribution in [3.63, 3.8) is 0 Å². The van der Waals surface area contributed by atoms with Crippen LogP contribution in [0.3, 0.4) is 0 Å². The Morgan fingerprint density at radius 1 is 1.35 bits per heavy atom. The van der Waals surface area contributed by atoms with Crippen molar-refractivity contribution in [3.8, 4) is 5.88 Å². The van der Waals surface area contributed by atoms with Gasteiger partial charge in [0.05, 0.1) is 16.6 Å². The van der Waals surface area contributed by atoms with Gasteiger partial charge in [-0.25, -0.2) is 4.98 Å². The number of rotatable bonds is 3. The Balaban J connectivity index is 2.28. The Kier molecular flexibility index (Phi) is 4.25. The van der Waals surface area contributed by atoms with Crippen molar-refractivity contribution >= 4 is 39.3 Å². The SMILES string of the molecule is COc1nc(Sc2ccccc2Cl)ncc1Br. The molecule has 2 rings (SSSR count). The third-order valence-corrected chi connectivity index (χ3v) is 3.86. The van der Waals surface area contributed by atoms with E-state index in [1.165, 1.54) is 11.8 Å². The monoisotopic (exact) mass is 330 g/mol. The van der Waals surface area contributed by atoms with Crippen LogP contribution in [0, 0.1) is 0 Å². The highest BCUT2D eigenvalue weighted by Crippen LogP contribution is 2.32. The Morgan fingerprint density at radius 2 is 2.12 bits per heavy atom. The van der Waals surface area contributed by atoms with Gasteiger partial charge in [0.15, 0.2) is 5.16 Å². The molecule has 17 heavy (non-hydrogen) atoms. The normalized spacial score (nSPS) is 10.3. The minimum Gasteiger partial charge on any atom is -0.480 e. The van der Waals surface area contributed by atoms with Crippen molar-refractivity contribution in [2.24, 2.45) is 0 Å². The zero-order chi connectivity index (χ0) is 12.3. The number of nitrogens with zero attached hydrogens (tertiary/aromatic N) is 2. The fourth-order valence-electron chi connectivity index (χ4n) is 1.15. The van der Waals surface area contributed by atoms with Crippen LogP contribution in [0.4, 0.5) is 0 Å². The van der Waals surface area contributed by atoms with E-state index in [9.17, 15) is 0 Å². The number of hydrogen-bond donors (Lipinski definition) is 0. The standard InChI is InChI=1S/C11H8BrClN2OS/c1-16-10-7(12)6-14-11(15-10)17-9-5-3-2-4-8(9)13/h2-6H,1H3. The first kappa shape index (κ1) is 12.7. The molecule has 6 heteroatoms. The summed E-state index contributed by atoms with van der Waals surface area (Å²) in [6.07, 6.45) is 1.66. The quantitative estimate of drug-likeness (QED) is 0.795. The summed E-state index contributed by atoms with van der Waals surface area (Å²) in [5.74, 6) is 0.509. The van der Waals surface area contributed by atoms with Crippen LogP contribution in [0.1, 0.15) is 0 Å². The Morgan fingerprint density at radius 3 is 2.82 bits per heavy atom. The predicted molar refractivity (Wildman–Crippen MR) is 71.9 cm³/mol. The van der Waals surface area contributed by atoms with Crippen LogP contribution >= 0.6 is 39.3 Å². The molecule has 1 heterocycles. The molecule has 88 valence electrons. The highest BCUT2D eigenvalue weighted by molar-refractivity contribution is 9.10. The van der Waals surface area contributed by atoms with E-state index in [1.54, 1.807) is 13.3 Å². The summed E-state index contributed by atoms with van der Waals surface area (Å²) in [5.41, 5.74) is 0. The maximum atomic E-state index is 6.06. The molecule has 0 amide bonds. The summed E-state index contributed by atoms with van der Waals surface area (Å²) in [7, 11) is 1.57. The molecule has 0 unspecified atom stereocenters. The number of ether oxygens (including phenoxy) is 1. The molecule has 1 aromatic heterocycles. The van der Waals surface area contributed by atoms with Crippen LogP contribution in [0.2, 0.25) is 5.02 Å². The molecule has 3 nitrogen and oxygen atoms in total. The summed E-state index contributed by atoms with van der Waals surface area (Å²) < 4.78 is 5.83. The lowest BCUT2D eigenvalue weighted by Crippen LogP contribution is -1.93. The number of benzene rings is 1. The van der Waals surface area contributed by atoms with Crippen LogP contribution < -0.4 is 4.74 Å². The first-order valence-electron chi connectivity index (χ1n) is 4.69. The second-order valence-electron chi connectivity index (χ2n) is 3.04. The first-order valence-corrected chi connectivity index (χ1v) is 6.68. The molecule has 0 saturated carbocycles. The van der Waals surface area contributed by atoms with E-state index < -0.39 is 0 Å². The van der Waals surface area contributed by atoms with E-state index in [0.29, 0.717) is 16.1 Å². The van der Waals surface area contributed by atoms with Gasteiger partial charge in [-0.05, 0) is 39.8 Å². The van der Waals surface area contributed by atoms with Crippen molar-refractivity contribution in [2.75, 3.05) is 7.11 Å². The van der Waals surface area contributed by atoms with Gasteiger partial charge in [0.2, 0.25) is 5.88 Å². The van der Waals surface area contributed by atoms with Crippen LogP contribution in [0.15, 0.2) is 45.0 Å². The summed E-state index contributed by atoms with van der Waals surface area (Å²) in [6, 6.07) is 7.56. The maximum absolute atomic E-state index is 6.06. The smallest absolute Gasteiger partial charge is 0.231 e. The topological polar surface area (TPSA) is 35.0 Å². The Hall–Kier alpha value is -0.780. The fourth-order valence-corrected chi connectivity index (χ4v) is 2.50. The van der Waals surface area contributed by atoms with E-state index in [1.807, 2.05) is 24.3 Å². The van der Waals surface area contributed by atoms with Gasteiger partial charge < -0.3 is 4.74 Å². The first-order chi connectivity index (χ1) is 8.20. The molecule has 2 aromatic rings. The number of hydrogen-bond acceptors (Lipinski definition) is 4. The van der Waals surface area contributed by atoms with Gasteiger partial charge in [-0.3, -0.25) is 0 Å². The van der Waals surface area contributed by atoms with E-state index in [4.69, 9.17) is 16.3 Å². The Labute approximate surface area is 117 Å². The summed E-state index contributed by atoms with van der Waals surface area (Å²) >= 11 is 10.8. The van der Waals surface area contributed by atoms with Gasteiger partial charge in [0.1, 0.15) is 0 Å². The fraction of sp³-hybridized carbons (Fsp3) is 0.0909. The molecule has 0 N–H and O–H groups in total. The number of methoxy groups -OCH3 is 1. The molecular formula is C11H8BrClN2OS. The molecule has 0 spiro atoms. The number of halogens is 2. The zero-order valence-electron chi connectivity index (χ0n) is 8.85. The van der Waals surface area contributed by atoms with Crippen molar-refractivity contribution in [1.82, 2.24) is 9.97 Å². The maximum Gasteiger partial charge on any atom is 0.231 e. The molecule has 1 aromatic carbocycles. The molecule has 0 aliphatic heterocycles. The molecule has 0 atom stereocenters. The van der Waals surface area contributed by atoms with Crippen LogP contribution in [-0.2, 0) is 0 Å². The second-order valence-corrected chi connectivity index (χ2v) is 5.31. The van der Waals surface area contributed by atoms with Gasteiger partial charge in [0.25, 0.3) is 0 Å². The molecule has 0 aliphatic carbocycles. The van der Waals surface area contributed by atoms with Crippen molar-refractivity contribution in [3.05, 3.63) is 40.0 Å². The van der Waals surface area contributed by atoms with Gasteiger partial charge in [0, 0.05) is 11.1 Å². The van der Waals surface area contributed by atoms with Crippen molar-refractivity contribution in [1.29, 1.82) is 0 Å². The third-order valence-electron chi connectivity index (χ3n) is 1.92. The third kappa shape index (κ3) is 3.12. The summed E-state index contributed by atoms with van der Waals surface area (Å²) in [6.45, 7) is 0. The molecule has 0 saturated heterocycles. The van der Waals surface area contributed by atoms with E-state index in [-0.39, 0.29) is 0 Å². The highest BCUT2D eigenvalue weighted by Gasteiger charge is 2.08. The van der Waals surface area contributed by atoms with E-state index in [2.05, 4.69) is 25.9 Å². The van der Waals surface area contributed by atoms with Gasteiger partial charge in [-0.2, -0.15) is 4.98 Å². The number of aromatic nitrogens is 2. The van der Waals surface area contributed by atoms with Crippen molar-refractivity contribution in [2.45, 2.75) is 10.1 Å².